The number of aryl methyl sites for hydroxylation is 1. The highest BCUT2D eigenvalue weighted by Crippen LogP contribution is 2.48. The summed E-state index contributed by atoms with van der Waals surface area (Å²) in [7, 11) is 0. The molecule has 0 saturated carbocycles. The molecule has 10 nitrogen and oxygen atoms in total. The molecule has 1 spiro atoms. The van der Waals surface area contributed by atoms with E-state index in [0.717, 1.165) is 43.4 Å². The number of carbonyl (C=O) groups is 2. The summed E-state index contributed by atoms with van der Waals surface area (Å²) in [5.74, 6) is -2.27. The number of fused-ring (bicyclic) bond motifs is 4. The molecule has 4 aliphatic heterocycles. The molecule has 7 rings (SSSR count). The smallest absolute Gasteiger partial charge is 0.318 e. The maximum absolute atomic E-state index is 14.8. The van der Waals surface area contributed by atoms with Crippen LogP contribution in [0.2, 0.25) is 0 Å². The molecule has 5 heterocycles. The Hall–Kier alpha value is -4.18. The van der Waals surface area contributed by atoms with E-state index in [1.165, 1.54) is 17.0 Å². The number of halogens is 3. The number of amides is 2. The van der Waals surface area contributed by atoms with Crippen LogP contribution in [0.3, 0.4) is 0 Å². The third-order valence-corrected chi connectivity index (χ3v) is 10.9. The lowest BCUT2D eigenvalue weighted by atomic mass is 9.64. The highest BCUT2D eigenvalue weighted by Gasteiger charge is 2.51. The molecular weight excluding hydrogens is 611 g/mol. The molecule has 248 valence electrons. The molecule has 2 amide bonds. The lowest BCUT2D eigenvalue weighted by molar-refractivity contribution is -0.131. The lowest BCUT2D eigenvalue weighted by Gasteiger charge is -2.44. The number of anilines is 2. The monoisotopic (exact) mass is 649 g/mol. The predicted octanol–water partition coefficient (Wildman–Crippen LogP) is 4.06. The summed E-state index contributed by atoms with van der Waals surface area (Å²) in [5.41, 5.74) is 1.88. The van der Waals surface area contributed by atoms with Crippen molar-refractivity contribution in [1.82, 2.24) is 19.8 Å². The number of hydrogen-bond donors (Lipinski definition) is 1. The van der Waals surface area contributed by atoms with E-state index in [2.05, 4.69) is 22.9 Å². The summed E-state index contributed by atoms with van der Waals surface area (Å²) in [6.45, 7) is 6.86. The minimum atomic E-state index is -1.10. The predicted molar refractivity (Wildman–Crippen MR) is 167 cm³/mol. The first kappa shape index (κ1) is 31.4. The van der Waals surface area contributed by atoms with Crippen LogP contribution in [-0.2, 0) is 27.8 Å². The van der Waals surface area contributed by atoms with E-state index < -0.39 is 40.7 Å². The first-order valence-corrected chi connectivity index (χ1v) is 16.3. The molecule has 47 heavy (non-hydrogen) atoms. The van der Waals surface area contributed by atoms with Crippen LogP contribution in [-0.4, -0.2) is 88.7 Å². The number of carbonyl (C=O) groups excluding carboxylic acids is 2. The number of nitrogens with zero attached hydrogens (tertiary/aromatic N) is 6. The van der Waals surface area contributed by atoms with Crippen LogP contribution in [0, 0.1) is 24.1 Å². The summed E-state index contributed by atoms with van der Waals surface area (Å²) in [6.07, 6.45) is 3.35. The van der Waals surface area contributed by atoms with Crippen molar-refractivity contribution in [2.75, 3.05) is 49.5 Å². The first-order valence-electron chi connectivity index (χ1n) is 16.3. The number of aromatic nitrogens is 2. The van der Waals surface area contributed by atoms with Crippen LogP contribution in [0.15, 0.2) is 24.5 Å². The fourth-order valence-electron chi connectivity index (χ4n) is 8.67. The van der Waals surface area contributed by atoms with E-state index in [-0.39, 0.29) is 51.0 Å². The highest BCUT2D eigenvalue weighted by atomic mass is 19.1. The van der Waals surface area contributed by atoms with Gasteiger partial charge in [-0.25, -0.2) is 13.2 Å². The van der Waals surface area contributed by atoms with Crippen LogP contribution in [0.5, 0.6) is 6.01 Å². The molecule has 1 aromatic carbocycles. The number of alkyl halides is 1. The molecule has 4 atom stereocenters. The van der Waals surface area contributed by atoms with Gasteiger partial charge in [-0.2, -0.15) is 15.2 Å². The Morgan fingerprint density at radius 2 is 2.04 bits per heavy atom. The van der Waals surface area contributed by atoms with Crippen molar-refractivity contribution >= 4 is 23.3 Å². The Labute approximate surface area is 271 Å². The van der Waals surface area contributed by atoms with E-state index in [0.29, 0.717) is 42.1 Å². The van der Waals surface area contributed by atoms with Gasteiger partial charge in [-0.15, -0.1) is 0 Å². The Balaban J connectivity index is 1.28. The van der Waals surface area contributed by atoms with Gasteiger partial charge >= 0.3 is 6.01 Å². The fraction of sp³-hybridized carbons (Fsp3) is 0.559. The number of ether oxygens (including phenoxy) is 1. The van der Waals surface area contributed by atoms with Gasteiger partial charge in [0.2, 0.25) is 5.91 Å². The van der Waals surface area contributed by atoms with Crippen molar-refractivity contribution in [3.05, 3.63) is 52.7 Å². The lowest BCUT2D eigenvalue weighted by Crippen LogP contribution is -2.56. The molecular formula is C34H38F3N7O3. The molecule has 0 bridgehead atoms. The van der Waals surface area contributed by atoms with E-state index in [9.17, 15) is 28.0 Å². The van der Waals surface area contributed by atoms with Crippen LogP contribution < -0.4 is 15.0 Å². The van der Waals surface area contributed by atoms with Crippen LogP contribution >= 0.6 is 0 Å². The van der Waals surface area contributed by atoms with Gasteiger partial charge in [-0.05, 0) is 74.4 Å². The quantitative estimate of drug-likeness (QED) is 0.467. The summed E-state index contributed by atoms with van der Waals surface area (Å²) in [5, 5.41) is 12.6. The molecule has 13 heteroatoms. The first-order chi connectivity index (χ1) is 22.5. The molecule has 0 radical (unpaired) electrons. The molecule has 1 aromatic heterocycles. The van der Waals surface area contributed by atoms with E-state index >= 15 is 0 Å². The third kappa shape index (κ3) is 5.30. The van der Waals surface area contributed by atoms with Gasteiger partial charge in [0.05, 0.1) is 35.2 Å². The number of benzene rings is 1. The van der Waals surface area contributed by atoms with Gasteiger partial charge in [-0.1, -0.05) is 6.58 Å². The van der Waals surface area contributed by atoms with E-state index in [1.54, 1.807) is 0 Å². The summed E-state index contributed by atoms with van der Waals surface area (Å²) < 4.78 is 49.5. The largest absolute Gasteiger partial charge is 0.461 e. The van der Waals surface area contributed by atoms with Crippen molar-refractivity contribution in [3.8, 4) is 12.1 Å². The molecule has 3 fully saturated rings. The van der Waals surface area contributed by atoms with Gasteiger partial charge in [0.25, 0.3) is 5.91 Å². The van der Waals surface area contributed by atoms with Gasteiger partial charge in [-0.3, -0.25) is 14.5 Å². The number of hydrogen-bond acceptors (Lipinski definition) is 8. The number of piperazine rings is 1. The summed E-state index contributed by atoms with van der Waals surface area (Å²) in [4.78, 5) is 41.6. The van der Waals surface area contributed by atoms with Gasteiger partial charge in [0.1, 0.15) is 24.3 Å². The van der Waals surface area contributed by atoms with Gasteiger partial charge in [0.15, 0.2) is 11.6 Å². The average Bonchev–Trinajstić information content (AvgIpc) is 3.56. The Bertz CT molecular complexity index is 1700. The fourth-order valence-corrected chi connectivity index (χ4v) is 8.67. The van der Waals surface area contributed by atoms with Crippen molar-refractivity contribution < 1.29 is 27.5 Å². The van der Waals surface area contributed by atoms with E-state index in [4.69, 9.17) is 14.7 Å². The SMILES string of the molecule is C=C(F)C(=O)N1CCN(c2nc(OCC34CCCN3CC(F)C4)nc3c2NC(=O)C2(CCCc4c(C)cc(F)cc42)C3)CC1CC#N. The van der Waals surface area contributed by atoms with Crippen LogP contribution in [0.25, 0.3) is 0 Å². The van der Waals surface area contributed by atoms with Crippen molar-refractivity contribution in [3.63, 3.8) is 0 Å². The normalized spacial score (nSPS) is 28.4. The molecule has 1 aliphatic carbocycles. The molecule has 1 N–H and O–H groups in total. The second-order valence-electron chi connectivity index (χ2n) is 13.7. The maximum Gasteiger partial charge on any atom is 0.318 e. The summed E-state index contributed by atoms with van der Waals surface area (Å²) in [6, 6.07) is 4.46. The summed E-state index contributed by atoms with van der Waals surface area (Å²) >= 11 is 0. The highest BCUT2D eigenvalue weighted by molar-refractivity contribution is 6.04. The third-order valence-electron chi connectivity index (χ3n) is 10.9. The van der Waals surface area contributed by atoms with Crippen molar-refractivity contribution in [1.29, 1.82) is 5.26 Å². The topological polar surface area (TPSA) is 115 Å². The second kappa shape index (κ2) is 11.8. The molecule has 5 aliphatic rings. The van der Waals surface area contributed by atoms with Crippen molar-refractivity contribution in [2.24, 2.45) is 0 Å². The standard InChI is InChI=1S/C34H38F3N7O3/c1-20-13-22(36)14-26-25(20)5-3-8-34(26)16-27-28(40-31(34)46)29(42-11-12-44(30(45)21(2)35)24(18-42)6-9-38)41-32(39-27)47-19-33-7-4-10-43(33)17-23(37)15-33/h13-14,23-24H,2-8,10-12,15-19H2,1H3,(H,40,46). The average molecular weight is 650 g/mol. The number of rotatable bonds is 6. The Morgan fingerprint density at radius 1 is 1.21 bits per heavy atom. The molecule has 3 saturated heterocycles. The van der Waals surface area contributed by atoms with Crippen LogP contribution in [0.1, 0.15) is 60.9 Å². The minimum Gasteiger partial charge on any atom is -0.461 e. The number of nitrogens with one attached hydrogen (secondary N) is 1. The Morgan fingerprint density at radius 3 is 2.83 bits per heavy atom. The molecule has 2 aromatic rings. The zero-order chi connectivity index (χ0) is 33.1. The molecule has 4 unspecified atom stereocenters. The van der Waals surface area contributed by atoms with Gasteiger partial charge < -0.3 is 19.9 Å². The number of nitriles is 1. The van der Waals surface area contributed by atoms with Crippen molar-refractivity contribution in [2.45, 2.75) is 81.5 Å². The second-order valence-corrected chi connectivity index (χ2v) is 13.7. The van der Waals surface area contributed by atoms with E-state index in [1.807, 2.05) is 11.8 Å². The Kier molecular flexibility index (Phi) is 7.89. The minimum absolute atomic E-state index is 0.0495. The van der Waals surface area contributed by atoms with Gasteiger partial charge in [0, 0.05) is 39.0 Å². The van der Waals surface area contributed by atoms with Crippen LogP contribution in [0.4, 0.5) is 24.7 Å². The zero-order valence-electron chi connectivity index (χ0n) is 26.5. The zero-order valence-corrected chi connectivity index (χ0v) is 26.5. The maximum atomic E-state index is 14.8.